The summed E-state index contributed by atoms with van der Waals surface area (Å²) in [6, 6.07) is 13.7. The highest BCUT2D eigenvalue weighted by Gasteiger charge is 2.18. The molecule has 9 heteroatoms. The van der Waals surface area contributed by atoms with Gasteiger partial charge in [-0.05, 0) is 43.3 Å². The fourth-order valence-corrected chi connectivity index (χ4v) is 2.18. The van der Waals surface area contributed by atoms with Crippen LogP contribution in [0.15, 0.2) is 54.6 Å². The topological polar surface area (TPSA) is 137 Å². The predicted molar refractivity (Wildman–Crippen MR) is 104 cm³/mol. The van der Waals surface area contributed by atoms with Crippen molar-refractivity contribution < 1.29 is 28.7 Å². The molecule has 2 rings (SSSR count). The van der Waals surface area contributed by atoms with E-state index in [2.05, 4.69) is 10.6 Å². The molecule has 0 bridgehead atoms. The van der Waals surface area contributed by atoms with E-state index in [0.29, 0.717) is 17.0 Å². The van der Waals surface area contributed by atoms with Crippen LogP contribution in [0.4, 0.5) is 5.69 Å². The molecular formula is C20H21N3O6. The van der Waals surface area contributed by atoms with Gasteiger partial charge in [0, 0.05) is 11.3 Å². The number of carbonyl (C=O) groups excluding carboxylic acids is 4. The van der Waals surface area contributed by atoms with Crippen molar-refractivity contribution in [3.63, 3.8) is 0 Å². The molecule has 0 saturated carbocycles. The van der Waals surface area contributed by atoms with Crippen molar-refractivity contribution in [2.24, 2.45) is 5.73 Å². The Kier molecular flexibility index (Phi) is 7.72. The van der Waals surface area contributed by atoms with Crippen molar-refractivity contribution in [3.05, 3.63) is 60.2 Å². The van der Waals surface area contributed by atoms with E-state index in [9.17, 15) is 19.2 Å². The maximum Gasteiger partial charge on any atom is 0.328 e. The number of rotatable bonds is 9. The number of hydrogen-bond donors (Lipinski definition) is 3. The lowest BCUT2D eigenvalue weighted by Crippen LogP contribution is -2.42. The Bertz CT molecular complexity index is 868. The number of para-hydroxylation sites is 1. The standard InChI is InChI=1S/C20H21N3O6/c1-13(22-17(24)11-28-16-5-3-2-4-6-16)20(27)29-12-18(25)23-15-9-7-14(8-10-15)19(21)26/h2-10,13H,11-12H2,1H3,(H2,21,26)(H,22,24)(H,23,25)/t13-/m0/s1. The molecule has 1 atom stereocenters. The van der Waals surface area contributed by atoms with E-state index in [1.54, 1.807) is 24.3 Å². The number of hydrogen-bond acceptors (Lipinski definition) is 6. The van der Waals surface area contributed by atoms with Gasteiger partial charge in [-0.1, -0.05) is 18.2 Å². The first-order chi connectivity index (χ1) is 13.8. The molecule has 4 N–H and O–H groups in total. The number of nitrogens with two attached hydrogens (primary N) is 1. The normalized spacial score (nSPS) is 11.1. The monoisotopic (exact) mass is 399 g/mol. The van der Waals surface area contributed by atoms with Crippen LogP contribution < -0.4 is 21.1 Å². The molecule has 0 radical (unpaired) electrons. The van der Waals surface area contributed by atoms with Gasteiger partial charge in [0.2, 0.25) is 5.91 Å². The molecule has 0 fully saturated rings. The van der Waals surface area contributed by atoms with Crippen LogP contribution in [0.1, 0.15) is 17.3 Å². The van der Waals surface area contributed by atoms with Crippen LogP contribution in [0.25, 0.3) is 0 Å². The van der Waals surface area contributed by atoms with Crippen LogP contribution in [-0.2, 0) is 19.1 Å². The van der Waals surface area contributed by atoms with Crippen LogP contribution in [-0.4, -0.2) is 42.9 Å². The maximum atomic E-state index is 11.9. The van der Waals surface area contributed by atoms with Crippen LogP contribution >= 0.6 is 0 Å². The molecule has 0 unspecified atom stereocenters. The van der Waals surface area contributed by atoms with Crippen LogP contribution in [0.2, 0.25) is 0 Å². The van der Waals surface area contributed by atoms with Gasteiger partial charge in [-0.3, -0.25) is 14.4 Å². The fourth-order valence-electron chi connectivity index (χ4n) is 2.18. The first kappa shape index (κ1) is 21.4. The van der Waals surface area contributed by atoms with Crippen molar-refractivity contribution in [2.75, 3.05) is 18.5 Å². The van der Waals surface area contributed by atoms with Gasteiger partial charge in [-0.25, -0.2) is 4.79 Å². The third-order valence-corrected chi connectivity index (χ3v) is 3.64. The lowest BCUT2D eigenvalue weighted by molar-refractivity contribution is -0.150. The first-order valence-corrected chi connectivity index (χ1v) is 8.68. The molecule has 3 amide bonds. The molecule has 152 valence electrons. The first-order valence-electron chi connectivity index (χ1n) is 8.68. The van der Waals surface area contributed by atoms with E-state index >= 15 is 0 Å². The number of primary amides is 1. The van der Waals surface area contributed by atoms with E-state index < -0.39 is 36.3 Å². The second-order valence-corrected chi connectivity index (χ2v) is 5.99. The van der Waals surface area contributed by atoms with Gasteiger partial charge in [0.15, 0.2) is 13.2 Å². The van der Waals surface area contributed by atoms with Crippen molar-refractivity contribution >= 4 is 29.4 Å². The van der Waals surface area contributed by atoms with Gasteiger partial charge in [-0.2, -0.15) is 0 Å². The molecule has 0 saturated heterocycles. The zero-order chi connectivity index (χ0) is 21.2. The molecule has 0 aromatic heterocycles. The fraction of sp³-hybridized carbons (Fsp3) is 0.200. The summed E-state index contributed by atoms with van der Waals surface area (Å²) in [5.41, 5.74) is 5.85. The van der Waals surface area contributed by atoms with E-state index in [4.69, 9.17) is 15.2 Å². The minimum absolute atomic E-state index is 0.260. The van der Waals surface area contributed by atoms with Crippen LogP contribution in [0.3, 0.4) is 0 Å². The Hall–Kier alpha value is -3.88. The zero-order valence-corrected chi connectivity index (χ0v) is 15.7. The Morgan fingerprint density at radius 1 is 0.931 bits per heavy atom. The number of esters is 1. The predicted octanol–water partition coefficient (Wildman–Crippen LogP) is 0.851. The van der Waals surface area contributed by atoms with Gasteiger partial charge in [0.1, 0.15) is 11.8 Å². The molecule has 0 aliphatic carbocycles. The summed E-state index contributed by atoms with van der Waals surface area (Å²) >= 11 is 0. The summed E-state index contributed by atoms with van der Waals surface area (Å²) in [5.74, 6) is -1.90. The molecular weight excluding hydrogens is 378 g/mol. The van der Waals surface area contributed by atoms with Gasteiger partial charge < -0.3 is 25.8 Å². The third-order valence-electron chi connectivity index (χ3n) is 3.64. The Morgan fingerprint density at radius 2 is 1.59 bits per heavy atom. The van der Waals surface area contributed by atoms with E-state index in [1.165, 1.54) is 31.2 Å². The molecule has 2 aromatic rings. The highest BCUT2D eigenvalue weighted by molar-refractivity contribution is 5.95. The number of nitrogens with one attached hydrogen (secondary N) is 2. The second kappa shape index (κ2) is 10.5. The molecule has 0 aliphatic rings. The van der Waals surface area contributed by atoms with Gasteiger partial charge in [-0.15, -0.1) is 0 Å². The Labute approximate surface area is 167 Å². The van der Waals surface area contributed by atoms with Crippen molar-refractivity contribution in [1.29, 1.82) is 0 Å². The quantitative estimate of drug-likeness (QED) is 0.535. The summed E-state index contributed by atoms with van der Waals surface area (Å²) in [4.78, 5) is 46.6. The molecule has 0 aliphatic heterocycles. The molecule has 0 spiro atoms. The Balaban J connectivity index is 1.70. The van der Waals surface area contributed by atoms with Crippen LogP contribution in [0, 0.1) is 0 Å². The summed E-state index contributed by atoms with van der Waals surface area (Å²) < 4.78 is 10.2. The molecule has 0 heterocycles. The number of carbonyl (C=O) groups is 4. The van der Waals surface area contributed by atoms with Crippen molar-refractivity contribution in [1.82, 2.24) is 5.32 Å². The van der Waals surface area contributed by atoms with Crippen LogP contribution in [0.5, 0.6) is 5.75 Å². The largest absolute Gasteiger partial charge is 0.484 e. The van der Waals surface area contributed by atoms with Gasteiger partial charge >= 0.3 is 5.97 Å². The summed E-state index contributed by atoms with van der Waals surface area (Å²) in [6.45, 7) is 0.643. The number of ether oxygens (including phenoxy) is 2. The number of amides is 3. The van der Waals surface area contributed by atoms with E-state index in [-0.39, 0.29) is 6.61 Å². The highest BCUT2D eigenvalue weighted by atomic mass is 16.5. The minimum atomic E-state index is -0.954. The lowest BCUT2D eigenvalue weighted by Gasteiger charge is -2.14. The van der Waals surface area contributed by atoms with E-state index in [0.717, 1.165) is 0 Å². The maximum absolute atomic E-state index is 11.9. The highest BCUT2D eigenvalue weighted by Crippen LogP contribution is 2.09. The summed E-state index contributed by atoms with van der Waals surface area (Å²) in [6.07, 6.45) is 0. The Morgan fingerprint density at radius 3 is 2.21 bits per heavy atom. The minimum Gasteiger partial charge on any atom is -0.484 e. The molecule has 29 heavy (non-hydrogen) atoms. The van der Waals surface area contributed by atoms with Crippen molar-refractivity contribution in [3.8, 4) is 5.75 Å². The van der Waals surface area contributed by atoms with Crippen molar-refractivity contribution in [2.45, 2.75) is 13.0 Å². The summed E-state index contributed by atoms with van der Waals surface area (Å²) in [7, 11) is 0. The number of anilines is 1. The number of benzene rings is 2. The van der Waals surface area contributed by atoms with Gasteiger partial charge in [0.25, 0.3) is 11.8 Å². The smallest absolute Gasteiger partial charge is 0.328 e. The average molecular weight is 399 g/mol. The average Bonchev–Trinajstić information content (AvgIpc) is 2.71. The SMILES string of the molecule is C[C@H](NC(=O)COc1ccccc1)C(=O)OCC(=O)Nc1ccc(C(N)=O)cc1. The second-order valence-electron chi connectivity index (χ2n) is 5.99. The molecule has 9 nitrogen and oxygen atoms in total. The van der Waals surface area contributed by atoms with E-state index in [1.807, 2.05) is 6.07 Å². The summed E-state index contributed by atoms with van der Waals surface area (Å²) in [5, 5.41) is 4.93. The zero-order valence-electron chi connectivity index (χ0n) is 15.7. The lowest BCUT2D eigenvalue weighted by atomic mass is 10.2. The third kappa shape index (κ3) is 7.33. The molecule has 2 aromatic carbocycles. The van der Waals surface area contributed by atoms with Gasteiger partial charge in [0.05, 0.1) is 0 Å².